The summed E-state index contributed by atoms with van der Waals surface area (Å²) >= 11 is 1.39. The van der Waals surface area contributed by atoms with Crippen molar-refractivity contribution in [3.63, 3.8) is 0 Å². The molecule has 128 valence electrons. The molecule has 6 heteroatoms. The highest BCUT2D eigenvalue weighted by Gasteiger charge is 2.35. The van der Waals surface area contributed by atoms with Crippen molar-refractivity contribution in [3.8, 4) is 0 Å². The largest absolute Gasteiger partial charge is 0.330 e. The maximum absolute atomic E-state index is 12.9. The number of amides is 1. The standard InChI is InChI=1S/C18H21NO3S2/c1-2-14-5-7-15(8-6-14)12-19(16-9-11-24(21,22)13-16)18(20)17-4-3-10-23-17/h3-8,10,16H,2,9,11-13H2,1H3/t16-/m0/s1. The van der Waals surface area contributed by atoms with Crippen LogP contribution in [0.3, 0.4) is 0 Å². The predicted octanol–water partition coefficient (Wildman–Crippen LogP) is 3.14. The molecule has 0 N–H and O–H groups in total. The van der Waals surface area contributed by atoms with E-state index in [9.17, 15) is 13.2 Å². The number of benzene rings is 1. The van der Waals surface area contributed by atoms with E-state index in [1.165, 1.54) is 16.9 Å². The van der Waals surface area contributed by atoms with Crippen molar-refractivity contribution in [1.29, 1.82) is 0 Å². The van der Waals surface area contributed by atoms with Gasteiger partial charge in [-0.2, -0.15) is 0 Å². The molecule has 1 aliphatic rings. The third kappa shape index (κ3) is 3.87. The summed E-state index contributed by atoms with van der Waals surface area (Å²) in [5, 5.41) is 1.87. The Morgan fingerprint density at radius 1 is 1.21 bits per heavy atom. The lowest BCUT2D eigenvalue weighted by atomic mass is 10.1. The SMILES string of the molecule is CCc1ccc(CN(C(=O)c2cccs2)[C@H]2CCS(=O)(=O)C2)cc1. The summed E-state index contributed by atoms with van der Waals surface area (Å²) in [6.45, 7) is 2.55. The lowest BCUT2D eigenvalue weighted by Crippen LogP contribution is -2.40. The second-order valence-corrected chi connectivity index (χ2v) is 9.31. The lowest BCUT2D eigenvalue weighted by molar-refractivity contribution is 0.0686. The Bertz CT molecular complexity index is 795. The number of hydrogen-bond acceptors (Lipinski definition) is 4. The smallest absolute Gasteiger partial charge is 0.264 e. The van der Waals surface area contributed by atoms with Crippen molar-refractivity contribution in [2.75, 3.05) is 11.5 Å². The van der Waals surface area contributed by atoms with E-state index in [1.54, 1.807) is 11.0 Å². The molecule has 1 aliphatic heterocycles. The number of carbonyl (C=O) groups is 1. The number of thiophene rings is 1. The van der Waals surface area contributed by atoms with Crippen LogP contribution in [-0.2, 0) is 22.8 Å². The Morgan fingerprint density at radius 2 is 1.92 bits per heavy atom. The van der Waals surface area contributed by atoms with Gasteiger partial charge >= 0.3 is 0 Å². The van der Waals surface area contributed by atoms with Gasteiger partial charge in [0.15, 0.2) is 9.84 Å². The van der Waals surface area contributed by atoms with E-state index in [0.717, 1.165) is 12.0 Å². The molecular weight excluding hydrogens is 342 g/mol. The second kappa shape index (κ2) is 7.07. The van der Waals surface area contributed by atoms with Crippen LogP contribution in [0.15, 0.2) is 41.8 Å². The van der Waals surface area contributed by atoms with Crippen LogP contribution in [0, 0.1) is 0 Å². The zero-order valence-electron chi connectivity index (χ0n) is 13.6. The average molecular weight is 364 g/mol. The van der Waals surface area contributed by atoms with Gasteiger partial charge in [-0.05, 0) is 35.4 Å². The van der Waals surface area contributed by atoms with Gasteiger partial charge in [0.05, 0.1) is 16.4 Å². The molecule has 24 heavy (non-hydrogen) atoms. The van der Waals surface area contributed by atoms with Crippen molar-refractivity contribution >= 4 is 27.1 Å². The van der Waals surface area contributed by atoms with Crippen molar-refractivity contribution in [2.24, 2.45) is 0 Å². The Hall–Kier alpha value is -1.66. The molecule has 1 saturated heterocycles. The first-order valence-electron chi connectivity index (χ1n) is 8.11. The van der Waals surface area contributed by atoms with Crippen molar-refractivity contribution in [2.45, 2.75) is 32.4 Å². The summed E-state index contributed by atoms with van der Waals surface area (Å²) in [5.74, 6) is 0.157. The number of nitrogens with zero attached hydrogens (tertiary/aromatic N) is 1. The number of rotatable bonds is 5. The molecule has 0 saturated carbocycles. The number of sulfone groups is 1. The van der Waals surface area contributed by atoms with Crippen LogP contribution in [0.5, 0.6) is 0 Å². The van der Waals surface area contributed by atoms with Crippen LogP contribution < -0.4 is 0 Å². The zero-order chi connectivity index (χ0) is 17.2. The van der Waals surface area contributed by atoms with Gasteiger partial charge in [-0.3, -0.25) is 4.79 Å². The van der Waals surface area contributed by atoms with Crippen molar-refractivity contribution < 1.29 is 13.2 Å². The van der Waals surface area contributed by atoms with Gasteiger partial charge in [0, 0.05) is 12.6 Å². The minimum absolute atomic E-state index is 0.0666. The number of aryl methyl sites for hydroxylation is 1. The van der Waals surface area contributed by atoms with Gasteiger partial charge in [0.25, 0.3) is 5.91 Å². The Kier molecular flexibility index (Phi) is 5.06. The van der Waals surface area contributed by atoms with E-state index < -0.39 is 9.84 Å². The van der Waals surface area contributed by atoms with Crippen molar-refractivity contribution in [3.05, 3.63) is 57.8 Å². The summed E-state index contributed by atoms with van der Waals surface area (Å²) < 4.78 is 23.7. The Labute approximate surface area is 147 Å². The van der Waals surface area contributed by atoms with E-state index in [2.05, 4.69) is 19.1 Å². The van der Waals surface area contributed by atoms with Gasteiger partial charge in [-0.15, -0.1) is 11.3 Å². The number of hydrogen-bond donors (Lipinski definition) is 0. The fraction of sp³-hybridized carbons (Fsp3) is 0.389. The number of carbonyl (C=O) groups excluding carboxylic acids is 1. The fourth-order valence-corrected chi connectivity index (χ4v) is 5.42. The zero-order valence-corrected chi connectivity index (χ0v) is 15.3. The first kappa shape index (κ1) is 17.2. The van der Waals surface area contributed by atoms with Crippen LogP contribution in [0.25, 0.3) is 0 Å². The molecule has 0 unspecified atom stereocenters. The summed E-state index contributed by atoms with van der Waals surface area (Å²) in [6, 6.07) is 11.6. The molecule has 1 fully saturated rings. The van der Waals surface area contributed by atoms with E-state index in [4.69, 9.17) is 0 Å². The first-order valence-corrected chi connectivity index (χ1v) is 10.8. The van der Waals surface area contributed by atoms with E-state index in [-0.39, 0.29) is 23.5 Å². The highest BCUT2D eigenvalue weighted by molar-refractivity contribution is 7.91. The highest BCUT2D eigenvalue weighted by Crippen LogP contribution is 2.24. The molecule has 1 atom stereocenters. The molecule has 1 amide bonds. The van der Waals surface area contributed by atoms with E-state index in [0.29, 0.717) is 17.8 Å². The van der Waals surface area contributed by atoms with Gasteiger partial charge < -0.3 is 4.90 Å². The molecule has 0 radical (unpaired) electrons. The molecule has 0 spiro atoms. The van der Waals surface area contributed by atoms with Crippen LogP contribution in [0.2, 0.25) is 0 Å². The molecule has 1 aromatic carbocycles. The topological polar surface area (TPSA) is 54.5 Å². The lowest BCUT2D eigenvalue weighted by Gasteiger charge is -2.28. The van der Waals surface area contributed by atoms with E-state index >= 15 is 0 Å². The molecule has 4 nitrogen and oxygen atoms in total. The molecule has 1 aromatic heterocycles. The summed E-state index contributed by atoms with van der Waals surface area (Å²) in [7, 11) is -3.04. The van der Waals surface area contributed by atoms with Gasteiger partial charge in [-0.25, -0.2) is 8.42 Å². The predicted molar refractivity (Wildman–Crippen MR) is 97.1 cm³/mol. The minimum Gasteiger partial charge on any atom is -0.330 e. The third-order valence-corrected chi connectivity index (χ3v) is 7.03. The fourth-order valence-electron chi connectivity index (χ4n) is 3.01. The molecule has 3 rings (SSSR count). The van der Waals surface area contributed by atoms with E-state index in [1.807, 2.05) is 23.6 Å². The first-order chi connectivity index (χ1) is 11.5. The maximum atomic E-state index is 12.9. The van der Waals surface area contributed by atoms with Gasteiger partial charge in [0.1, 0.15) is 0 Å². The highest BCUT2D eigenvalue weighted by atomic mass is 32.2. The molecule has 0 aliphatic carbocycles. The van der Waals surface area contributed by atoms with Crippen LogP contribution in [-0.4, -0.2) is 36.8 Å². The molecule has 2 heterocycles. The third-order valence-electron chi connectivity index (χ3n) is 4.43. The summed E-state index contributed by atoms with van der Waals surface area (Å²) in [5.41, 5.74) is 2.28. The summed E-state index contributed by atoms with van der Waals surface area (Å²) in [6.07, 6.45) is 1.49. The summed E-state index contributed by atoms with van der Waals surface area (Å²) in [4.78, 5) is 15.3. The molecule has 0 bridgehead atoms. The Balaban J connectivity index is 1.85. The van der Waals surface area contributed by atoms with Gasteiger partial charge in [0.2, 0.25) is 0 Å². The normalized spacial score (nSPS) is 19.3. The Morgan fingerprint density at radius 3 is 2.46 bits per heavy atom. The molecule has 2 aromatic rings. The van der Waals surface area contributed by atoms with Gasteiger partial charge in [-0.1, -0.05) is 37.3 Å². The minimum atomic E-state index is -3.04. The molecular formula is C18H21NO3S2. The van der Waals surface area contributed by atoms with Crippen LogP contribution in [0.4, 0.5) is 0 Å². The van der Waals surface area contributed by atoms with Crippen LogP contribution >= 0.6 is 11.3 Å². The maximum Gasteiger partial charge on any atom is 0.264 e. The monoisotopic (exact) mass is 363 g/mol. The second-order valence-electron chi connectivity index (χ2n) is 6.14. The quantitative estimate of drug-likeness (QED) is 0.820. The van der Waals surface area contributed by atoms with Crippen LogP contribution in [0.1, 0.15) is 34.1 Å². The van der Waals surface area contributed by atoms with Crippen molar-refractivity contribution in [1.82, 2.24) is 4.90 Å². The average Bonchev–Trinajstić information content (AvgIpc) is 3.22.